The van der Waals surface area contributed by atoms with Crippen molar-refractivity contribution in [2.24, 2.45) is 4.99 Å². The Morgan fingerprint density at radius 2 is 1.74 bits per heavy atom. The smallest absolute Gasteiger partial charge is 0.253 e. The zero-order chi connectivity index (χ0) is 22.3. The normalized spacial score (nSPS) is 15.4. The number of carbonyl (C=O) groups excluding carboxylic acids is 1. The molecule has 1 fully saturated rings. The zero-order valence-corrected chi connectivity index (χ0v) is 19.1. The summed E-state index contributed by atoms with van der Waals surface area (Å²) in [5.74, 6) is 1.74. The van der Waals surface area contributed by atoms with Gasteiger partial charge in [0.1, 0.15) is 5.75 Å². The molecule has 6 nitrogen and oxygen atoms in total. The van der Waals surface area contributed by atoms with Gasteiger partial charge in [0.15, 0.2) is 5.96 Å². The first-order chi connectivity index (χ1) is 15.0. The van der Waals surface area contributed by atoms with E-state index in [1.807, 2.05) is 36.4 Å². The minimum atomic E-state index is 0.00943. The number of nitrogens with one attached hydrogen (secondary N) is 2. The van der Waals surface area contributed by atoms with Crippen LogP contribution >= 0.6 is 0 Å². The molecular formula is C25H34N4O2. The van der Waals surface area contributed by atoms with Gasteiger partial charge in [-0.25, -0.2) is 0 Å². The molecule has 0 heterocycles. The van der Waals surface area contributed by atoms with Gasteiger partial charge in [-0.3, -0.25) is 9.79 Å². The van der Waals surface area contributed by atoms with Crippen LogP contribution in [0.3, 0.4) is 0 Å². The van der Waals surface area contributed by atoms with Crippen LogP contribution in [0.1, 0.15) is 47.2 Å². The van der Waals surface area contributed by atoms with Crippen molar-refractivity contribution in [3.05, 3.63) is 65.2 Å². The molecule has 2 aromatic carbocycles. The van der Waals surface area contributed by atoms with Gasteiger partial charge < -0.3 is 20.3 Å². The van der Waals surface area contributed by atoms with Crippen LogP contribution in [0.25, 0.3) is 0 Å². The van der Waals surface area contributed by atoms with Gasteiger partial charge in [-0.1, -0.05) is 43.2 Å². The number of rotatable bonds is 7. The van der Waals surface area contributed by atoms with Crippen LogP contribution in [0.4, 0.5) is 0 Å². The molecule has 166 valence electrons. The van der Waals surface area contributed by atoms with E-state index in [4.69, 9.17) is 4.74 Å². The van der Waals surface area contributed by atoms with Crippen molar-refractivity contribution >= 4 is 11.9 Å². The van der Waals surface area contributed by atoms with E-state index in [-0.39, 0.29) is 11.3 Å². The van der Waals surface area contributed by atoms with E-state index in [1.54, 1.807) is 33.2 Å². The Balaban J connectivity index is 1.62. The second-order valence-corrected chi connectivity index (χ2v) is 8.36. The van der Waals surface area contributed by atoms with Gasteiger partial charge in [-0.05, 0) is 36.6 Å². The van der Waals surface area contributed by atoms with Gasteiger partial charge >= 0.3 is 0 Å². The molecule has 1 aliphatic rings. The first-order valence-corrected chi connectivity index (χ1v) is 10.9. The predicted octanol–water partition coefficient (Wildman–Crippen LogP) is 3.57. The van der Waals surface area contributed by atoms with E-state index in [0.717, 1.165) is 36.7 Å². The topological polar surface area (TPSA) is 66.0 Å². The van der Waals surface area contributed by atoms with Crippen molar-refractivity contribution in [2.45, 2.75) is 37.6 Å². The van der Waals surface area contributed by atoms with Crippen LogP contribution in [0, 0.1) is 0 Å². The molecule has 0 atom stereocenters. The molecule has 2 N–H and O–H groups in total. The highest BCUT2D eigenvalue weighted by molar-refractivity contribution is 5.93. The lowest BCUT2D eigenvalue weighted by Crippen LogP contribution is -2.44. The molecular weight excluding hydrogens is 388 g/mol. The van der Waals surface area contributed by atoms with E-state index >= 15 is 0 Å². The summed E-state index contributed by atoms with van der Waals surface area (Å²) in [6.45, 7) is 1.45. The average molecular weight is 423 g/mol. The Bertz CT molecular complexity index is 900. The fraction of sp³-hybridized carbons (Fsp3) is 0.440. The average Bonchev–Trinajstić information content (AvgIpc) is 3.29. The molecule has 0 aromatic heterocycles. The number of hydrogen-bond donors (Lipinski definition) is 2. The highest BCUT2D eigenvalue weighted by Gasteiger charge is 2.37. The summed E-state index contributed by atoms with van der Waals surface area (Å²) in [5.41, 5.74) is 3.12. The minimum Gasteiger partial charge on any atom is -0.496 e. The third-order valence-electron chi connectivity index (χ3n) is 6.12. The quantitative estimate of drug-likeness (QED) is 0.529. The first kappa shape index (κ1) is 22.7. The van der Waals surface area contributed by atoms with Crippen LogP contribution in [-0.4, -0.2) is 51.6 Å². The Morgan fingerprint density at radius 3 is 2.35 bits per heavy atom. The summed E-state index contributed by atoms with van der Waals surface area (Å²) in [6, 6.07) is 16.0. The summed E-state index contributed by atoms with van der Waals surface area (Å²) in [7, 11) is 7.05. The first-order valence-electron chi connectivity index (χ1n) is 10.9. The molecule has 0 bridgehead atoms. The molecule has 6 heteroatoms. The van der Waals surface area contributed by atoms with E-state index in [2.05, 4.69) is 27.8 Å². The van der Waals surface area contributed by atoms with E-state index < -0.39 is 0 Å². The van der Waals surface area contributed by atoms with Crippen molar-refractivity contribution in [3.63, 3.8) is 0 Å². The van der Waals surface area contributed by atoms with E-state index in [1.165, 1.54) is 18.4 Å². The van der Waals surface area contributed by atoms with Crippen LogP contribution in [0.5, 0.6) is 5.75 Å². The van der Waals surface area contributed by atoms with Crippen molar-refractivity contribution in [3.8, 4) is 5.75 Å². The maximum Gasteiger partial charge on any atom is 0.253 e. The molecule has 0 aliphatic heterocycles. The monoisotopic (exact) mass is 422 g/mol. The summed E-state index contributed by atoms with van der Waals surface area (Å²) < 4.78 is 5.66. The number of amides is 1. The van der Waals surface area contributed by atoms with Gasteiger partial charge in [0.05, 0.1) is 7.11 Å². The number of benzene rings is 2. The van der Waals surface area contributed by atoms with E-state index in [0.29, 0.717) is 12.1 Å². The fourth-order valence-corrected chi connectivity index (χ4v) is 4.36. The summed E-state index contributed by atoms with van der Waals surface area (Å²) in [6.07, 6.45) is 4.73. The van der Waals surface area contributed by atoms with Crippen molar-refractivity contribution in [2.75, 3.05) is 34.8 Å². The molecule has 1 aliphatic carbocycles. The van der Waals surface area contributed by atoms with Gasteiger partial charge in [0.25, 0.3) is 5.91 Å². The largest absolute Gasteiger partial charge is 0.496 e. The van der Waals surface area contributed by atoms with Crippen molar-refractivity contribution < 1.29 is 9.53 Å². The third-order valence-corrected chi connectivity index (χ3v) is 6.12. The molecule has 2 aromatic rings. The molecule has 0 spiro atoms. The van der Waals surface area contributed by atoms with Gasteiger partial charge in [-0.15, -0.1) is 0 Å². The summed E-state index contributed by atoms with van der Waals surface area (Å²) in [5, 5.41) is 6.93. The van der Waals surface area contributed by atoms with Crippen molar-refractivity contribution in [1.29, 1.82) is 0 Å². The second-order valence-electron chi connectivity index (χ2n) is 8.36. The van der Waals surface area contributed by atoms with E-state index in [9.17, 15) is 4.79 Å². The number of carbonyl (C=O) groups is 1. The van der Waals surface area contributed by atoms with Crippen LogP contribution in [-0.2, 0) is 12.0 Å². The highest BCUT2D eigenvalue weighted by atomic mass is 16.5. The van der Waals surface area contributed by atoms with Gasteiger partial charge in [0, 0.05) is 50.8 Å². The van der Waals surface area contributed by atoms with Crippen LogP contribution in [0.2, 0.25) is 0 Å². The molecule has 3 rings (SSSR count). The molecule has 1 saturated carbocycles. The standard InChI is InChI=1S/C25H34N4O2/c1-26-24(27-17-19-11-13-20(14-12-19)23(30)29(2)3)28-18-25(15-7-8-16-25)21-9-5-6-10-22(21)31-4/h5-6,9-14H,7-8,15-18H2,1-4H3,(H2,26,27,28). The molecule has 0 unspecified atom stereocenters. The number of aliphatic imine (C=N–C) groups is 1. The number of para-hydroxylation sites is 1. The fourth-order valence-electron chi connectivity index (χ4n) is 4.36. The van der Waals surface area contributed by atoms with Crippen molar-refractivity contribution in [1.82, 2.24) is 15.5 Å². The van der Waals surface area contributed by atoms with Gasteiger partial charge in [0.2, 0.25) is 0 Å². The lowest BCUT2D eigenvalue weighted by Gasteiger charge is -2.32. The van der Waals surface area contributed by atoms with Crippen LogP contribution in [0.15, 0.2) is 53.5 Å². The maximum absolute atomic E-state index is 12.0. The molecule has 0 radical (unpaired) electrons. The molecule has 1 amide bonds. The highest BCUT2D eigenvalue weighted by Crippen LogP contribution is 2.44. The summed E-state index contributed by atoms with van der Waals surface area (Å²) in [4.78, 5) is 18.0. The molecule has 31 heavy (non-hydrogen) atoms. The Hall–Kier alpha value is -3.02. The van der Waals surface area contributed by atoms with Gasteiger partial charge in [-0.2, -0.15) is 0 Å². The lowest BCUT2D eigenvalue weighted by atomic mass is 9.78. The Morgan fingerprint density at radius 1 is 1.06 bits per heavy atom. The number of nitrogens with zero attached hydrogens (tertiary/aromatic N) is 2. The Kier molecular flexibility index (Phi) is 7.55. The summed E-state index contributed by atoms with van der Waals surface area (Å²) >= 11 is 0. The minimum absolute atomic E-state index is 0.00943. The third kappa shape index (κ3) is 5.37. The second kappa shape index (κ2) is 10.3. The maximum atomic E-state index is 12.0. The lowest BCUT2D eigenvalue weighted by molar-refractivity contribution is 0.0827. The van der Waals surface area contributed by atoms with Crippen LogP contribution < -0.4 is 15.4 Å². The Labute approximate surface area is 185 Å². The number of ether oxygens (including phenoxy) is 1. The number of methoxy groups -OCH3 is 1. The molecule has 0 saturated heterocycles. The predicted molar refractivity (Wildman–Crippen MR) is 126 cm³/mol. The zero-order valence-electron chi connectivity index (χ0n) is 19.1. The number of hydrogen-bond acceptors (Lipinski definition) is 3. The number of guanidine groups is 1. The SMILES string of the molecule is CN=C(NCc1ccc(C(=O)N(C)C)cc1)NCC1(c2ccccc2OC)CCCC1.